The van der Waals surface area contributed by atoms with E-state index in [1.807, 2.05) is 18.5 Å². The third kappa shape index (κ3) is 2.52. The zero-order valence-corrected chi connectivity index (χ0v) is 11.8. The molecule has 0 aliphatic heterocycles. The normalized spacial score (nSPS) is 25.3. The van der Waals surface area contributed by atoms with Crippen molar-refractivity contribution in [2.75, 3.05) is 0 Å². The lowest BCUT2D eigenvalue weighted by molar-refractivity contribution is -0.138. The van der Waals surface area contributed by atoms with Crippen LogP contribution in [0.25, 0.3) is 0 Å². The van der Waals surface area contributed by atoms with Crippen molar-refractivity contribution in [2.45, 2.75) is 64.5 Å². The fourth-order valence-corrected chi connectivity index (χ4v) is 3.13. The Hall–Kier alpha value is -1.36. The van der Waals surface area contributed by atoms with Crippen LogP contribution in [0.5, 0.6) is 0 Å². The molecule has 1 aliphatic rings. The van der Waals surface area contributed by atoms with E-state index in [9.17, 15) is 9.90 Å². The second-order valence-electron chi connectivity index (χ2n) is 5.51. The predicted molar refractivity (Wildman–Crippen MR) is 71.3 cm³/mol. The van der Waals surface area contributed by atoms with E-state index in [1.54, 1.807) is 6.92 Å². The van der Waals surface area contributed by atoms with Crippen molar-refractivity contribution in [2.24, 2.45) is 0 Å². The first-order valence-corrected chi connectivity index (χ1v) is 6.90. The van der Waals surface area contributed by atoms with Gasteiger partial charge in [-0.1, -0.05) is 12.8 Å². The molecule has 2 N–H and O–H groups in total. The molecular weight excluding hydrogens is 244 g/mol. The number of carboxylic acids is 1. The van der Waals surface area contributed by atoms with Crippen LogP contribution in [-0.2, 0) is 4.79 Å². The number of aromatic nitrogens is 2. The third-order valence-corrected chi connectivity index (χ3v) is 4.19. The summed E-state index contributed by atoms with van der Waals surface area (Å²) in [6, 6.07) is -0.0119. The molecule has 0 aromatic carbocycles. The van der Waals surface area contributed by atoms with Gasteiger partial charge in [0, 0.05) is 11.3 Å². The quantitative estimate of drug-likeness (QED) is 0.879. The van der Waals surface area contributed by atoms with Gasteiger partial charge in [-0.2, -0.15) is 5.10 Å². The Morgan fingerprint density at radius 1 is 1.37 bits per heavy atom. The monoisotopic (exact) mass is 266 g/mol. The third-order valence-electron chi connectivity index (χ3n) is 4.19. The number of hydrogen-bond acceptors (Lipinski definition) is 3. The van der Waals surface area contributed by atoms with Crippen LogP contribution < -0.4 is 0 Å². The van der Waals surface area contributed by atoms with Crippen LogP contribution in [0, 0.1) is 13.8 Å². The molecule has 1 aromatic rings. The Bertz CT molecular complexity index is 481. The number of carbonyl (C=O) groups is 1. The smallest absolute Gasteiger partial charge is 0.310 e. The van der Waals surface area contributed by atoms with Crippen molar-refractivity contribution in [3.8, 4) is 0 Å². The first kappa shape index (κ1) is 14.1. The molecule has 0 saturated heterocycles. The molecule has 5 heteroatoms. The fraction of sp³-hybridized carbons (Fsp3) is 0.714. The average molecular weight is 266 g/mol. The summed E-state index contributed by atoms with van der Waals surface area (Å²) in [6.07, 6.45) is 3.47. The highest BCUT2D eigenvalue weighted by Crippen LogP contribution is 2.32. The Morgan fingerprint density at radius 2 is 2.00 bits per heavy atom. The van der Waals surface area contributed by atoms with Crippen molar-refractivity contribution in [3.05, 3.63) is 17.0 Å². The van der Waals surface area contributed by atoms with Gasteiger partial charge in [0.2, 0.25) is 0 Å². The van der Waals surface area contributed by atoms with Crippen LogP contribution >= 0.6 is 0 Å². The molecule has 0 bridgehead atoms. The summed E-state index contributed by atoms with van der Waals surface area (Å²) in [5.41, 5.74) is 2.41. The van der Waals surface area contributed by atoms with Gasteiger partial charge in [0.25, 0.3) is 0 Å². The second-order valence-corrected chi connectivity index (χ2v) is 5.51. The highest BCUT2D eigenvalue weighted by Gasteiger charge is 2.30. The zero-order valence-electron chi connectivity index (χ0n) is 11.8. The Kier molecular flexibility index (Phi) is 3.94. The van der Waals surface area contributed by atoms with Gasteiger partial charge in [0.05, 0.1) is 23.8 Å². The molecular formula is C14H22N2O3. The highest BCUT2D eigenvalue weighted by molar-refractivity contribution is 5.76. The molecule has 3 unspecified atom stereocenters. The SMILES string of the molecule is Cc1nn(C2CCCCC2O)c(C)c1C(C)C(=O)O. The van der Waals surface area contributed by atoms with Gasteiger partial charge in [0.15, 0.2) is 0 Å². The highest BCUT2D eigenvalue weighted by atomic mass is 16.4. The van der Waals surface area contributed by atoms with Gasteiger partial charge in [-0.15, -0.1) is 0 Å². The summed E-state index contributed by atoms with van der Waals surface area (Å²) in [5.74, 6) is -1.40. The van der Waals surface area contributed by atoms with E-state index >= 15 is 0 Å². The molecule has 1 heterocycles. The average Bonchev–Trinajstić information content (AvgIpc) is 2.64. The van der Waals surface area contributed by atoms with E-state index < -0.39 is 11.9 Å². The molecule has 0 spiro atoms. The second kappa shape index (κ2) is 5.33. The number of carboxylic acid groups (broad SMARTS) is 1. The minimum atomic E-state index is -0.838. The van der Waals surface area contributed by atoms with Gasteiger partial charge in [-0.25, -0.2) is 0 Å². The molecule has 5 nitrogen and oxygen atoms in total. The maximum Gasteiger partial charge on any atom is 0.310 e. The lowest BCUT2D eigenvalue weighted by Gasteiger charge is -2.29. The lowest BCUT2D eigenvalue weighted by atomic mass is 9.92. The number of aliphatic hydroxyl groups excluding tert-OH is 1. The van der Waals surface area contributed by atoms with Crippen molar-refractivity contribution in [1.82, 2.24) is 9.78 Å². The van der Waals surface area contributed by atoms with Gasteiger partial charge >= 0.3 is 5.97 Å². The number of nitrogens with zero attached hydrogens (tertiary/aromatic N) is 2. The van der Waals surface area contributed by atoms with E-state index in [0.717, 1.165) is 42.6 Å². The summed E-state index contributed by atoms with van der Waals surface area (Å²) in [5, 5.41) is 23.8. The van der Waals surface area contributed by atoms with E-state index in [4.69, 9.17) is 5.11 Å². The molecule has 1 saturated carbocycles. The molecule has 1 fully saturated rings. The molecule has 19 heavy (non-hydrogen) atoms. The molecule has 3 atom stereocenters. The van der Waals surface area contributed by atoms with Crippen LogP contribution in [0.3, 0.4) is 0 Å². The lowest BCUT2D eigenvalue weighted by Crippen LogP contribution is -2.29. The van der Waals surface area contributed by atoms with Crippen LogP contribution in [-0.4, -0.2) is 32.1 Å². The molecule has 2 rings (SSSR count). The maximum absolute atomic E-state index is 11.2. The summed E-state index contributed by atoms with van der Waals surface area (Å²) >= 11 is 0. The van der Waals surface area contributed by atoms with E-state index in [2.05, 4.69) is 5.10 Å². The van der Waals surface area contributed by atoms with E-state index in [0.29, 0.717) is 0 Å². The first-order valence-electron chi connectivity index (χ1n) is 6.90. The molecule has 1 aliphatic carbocycles. The summed E-state index contributed by atoms with van der Waals surface area (Å²) < 4.78 is 1.84. The Labute approximate surface area is 113 Å². The summed E-state index contributed by atoms with van der Waals surface area (Å²) in [4.78, 5) is 11.2. The van der Waals surface area contributed by atoms with Crippen molar-refractivity contribution in [1.29, 1.82) is 0 Å². The maximum atomic E-state index is 11.2. The number of aliphatic hydroxyl groups is 1. The predicted octanol–water partition coefficient (Wildman–Crippen LogP) is 2.16. The topological polar surface area (TPSA) is 75.3 Å². The van der Waals surface area contributed by atoms with Crippen molar-refractivity contribution < 1.29 is 15.0 Å². The minimum absolute atomic E-state index is 0.0119. The molecule has 0 radical (unpaired) electrons. The minimum Gasteiger partial charge on any atom is -0.481 e. The number of rotatable bonds is 3. The van der Waals surface area contributed by atoms with Gasteiger partial charge < -0.3 is 10.2 Å². The zero-order chi connectivity index (χ0) is 14.2. The number of aliphatic carboxylic acids is 1. The standard InChI is InChI=1S/C14H22N2O3/c1-8(14(18)19)13-9(2)15-16(10(13)3)11-6-4-5-7-12(11)17/h8,11-12,17H,4-7H2,1-3H3,(H,18,19). The number of hydrogen-bond donors (Lipinski definition) is 2. The van der Waals surface area contributed by atoms with Gasteiger partial charge in [-0.3, -0.25) is 9.48 Å². The van der Waals surface area contributed by atoms with Crippen LogP contribution in [0.15, 0.2) is 0 Å². The fourth-order valence-electron chi connectivity index (χ4n) is 3.13. The van der Waals surface area contributed by atoms with E-state index in [-0.39, 0.29) is 12.1 Å². The van der Waals surface area contributed by atoms with Crippen LogP contribution in [0.1, 0.15) is 61.5 Å². The van der Waals surface area contributed by atoms with Crippen LogP contribution in [0.4, 0.5) is 0 Å². The molecule has 1 aromatic heterocycles. The van der Waals surface area contributed by atoms with Gasteiger partial charge in [-0.05, 0) is 33.6 Å². The van der Waals surface area contributed by atoms with Crippen LogP contribution in [0.2, 0.25) is 0 Å². The molecule has 106 valence electrons. The van der Waals surface area contributed by atoms with Crippen molar-refractivity contribution >= 4 is 5.97 Å². The first-order chi connectivity index (χ1) is 8.93. The Morgan fingerprint density at radius 3 is 2.58 bits per heavy atom. The summed E-state index contributed by atoms with van der Waals surface area (Å²) in [6.45, 7) is 5.42. The van der Waals surface area contributed by atoms with E-state index in [1.165, 1.54) is 0 Å². The molecule has 0 amide bonds. The van der Waals surface area contributed by atoms with Gasteiger partial charge in [0.1, 0.15) is 0 Å². The Balaban J connectivity index is 2.38. The summed E-state index contributed by atoms with van der Waals surface area (Å²) in [7, 11) is 0. The number of aryl methyl sites for hydroxylation is 1. The van der Waals surface area contributed by atoms with Crippen molar-refractivity contribution in [3.63, 3.8) is 0 Å². The largest absolute Gasteiger partial charge is 0.481 e.